The van der Waals surface area contributed by atoms with Crippen LogP contribution in [0.2, 0.25) is 0 Å². The third kappa shape index (κ3) is 7.31. The molecule has 1 aromatic heterocycles. The maximum absolute atomic E-state index is 13.7. The maximum Gasteiger partial charge on any atom is 0.416 e. The molecule has 0 saturated heterocycles. The summed E-state index contributed by atoms with van der Waals surface area (Å²) in [6, 6.07) is 8.82. The van der Waals surface area contributed by atoms with E-state index in [2.05, 4.69) is 9.88 Å². The number of nitrogens with one attached hydrogen (secondary N) is 1. The lowest BCUT2D eigenvalue weighted by atomic mass is 9.99. The fourth-order valence-corrected chi connectivity index (χ4v) is 6.43. The van der Waals surface area contributed by atoms with E-state index in [1.165, 1.54) is 49.1 Å². The highest BCUT2D eigenvalue weighted by atomic mass is 32.2. The number of aliphatic hydroxyl groups is 1. The lowest BCUT2D eigenvalue weighted by Crippen LogP contribution is -2.49. The molecule has 2 N–H and O–H groups in total. The van der Waals surface area contributed by atoms with Crippen molar-refractivity contribution < 1.29 is 40.8 Å². The van der Waals surface area contributed by atoms with Gasteiger partial charge in [0.05, 0.1) is 23.8 Å². The Balaban J connectivity index is 1.61. The Hall–Kier alpha value is -3.62. The summed E-state index contributed by atoms with van der Waals surface area (Å²) >= 11 is 0. The molecular weight excluding hydrogens is 589 g/mol. The van der Waals surface area contributed by atoms with Gasteiger partial charge >= 0.3 is 6.18 Å². The minimum absolute atomic E-state index is 0.0951. The SMILES string of the molecule is Cc1noc(C)c1S(=O)(=O)Nc1ccc2c(c1)C(=O)N([C@H](C)CO)C[C@@H](C)[C@H](CN(C)Cc1ccc(C(F)(F)F)cc1)O2. The molecule has 4 rings (SSSR count). The average molecular weight is 625 g/mol. The summed E-state index contributed by atoms with van der Waals surface area (Å²) in [5.41, 5.74) is 0.397. The van der Waals surface area contributed by atoms with E-state index in [1.807, 2.05) is 18.9 Å². The number of anilines is 1. The molecule has 1 aliphatic rings. The number of carbonyl (C=O) groups excluding carboxylic acids is 1. The van der Waals surface area contributed by atoms with Crippen LogP contribution in [0.5, 0.6) is 5.75 Å². The number of aliphatic hydroxyl groups excluding tert-OH is 1. The number of benzene rings is 2. The monoisotopic (exact) mass is 624 g/mol. The third-order valence-electron chi connectivity index (χ3n) is 7.38. The van der Waals surface area contributed by atoms with E-state index in [-0.39, 0.29) is 52.4 Å². The van der Waals surface area contributed by atoms with Crippen molar-refractivity contribution in [2.24, 2.45) is 5.92 Å². The van der Waals surface area contributed by atoms with Crippen LogP contribution < -0.4 is 9.46 Å². The quantitative estimate of drug-likeness (QED) is 0.358. The topological polar surface area (TPSA) is 125 Å². The minimum Gasteiger partial charge on any atom is -0.488 e. The van der Waals surface area contributed by atoms with Gasteiger partial charge in [0.15, 0.2) is 10.7 Å². The number of aryl methyl sites for hydroxylation is 2. The lowest BCUT2D eigenvalue weighted by Gasteiger charge is -2.38. The summed E-state index contributed by atoms with van der Waals surface area (Å²) in [6.07, 6.45) is -4.87. The van der Waals surface area contributed by atoms with E-state index in [1.54, 1.807) is 6.92 Å². The van der Waals surface area contributed by atoms with Crippen LogP contribution >= 0.6 is 0 Å². The molecule has 1 aliphatic heterocycles. The summed E-state index contributed by atoms with van der Waals surface area (Å²) in [4.78, 5) is 17.0. The van der Waals surface area contributed by atoms with Gasteiger partial charge in [-0.2, -0.15) is 13.2 Å². The number of alkyl halides is 3. The van der Waals surface area contributed by atoms with Crippen molar-refractivity contribution in [3.63, 3.8) is 0 Å². The van der Waals surface area contributed by atoms with Crippen molar-refractivity contribution in [2.45, 2.75) is 57.5 Å². The molecule has 0 saturated carbocycles. The number of likely N-dealkylation sites (N-methyl/N-ethyl adjacent to an activating group) is 1. The second-order valence-corrected chi connectivity index (χ2v) is 12.6. The Labute approximate surface area is 248 Å². The summed E-state index contributed by atoms with van der Waals surface area (Å²) in [5, 5.41) is 13.6. The van der Waals surface area contributed by atoms with Crippen LogP contribution in [0.1, 0.15) is 46.8 Å². The van der Waals surface area contributed by atoms with Crippen LogP contribution in [0.4, 0.5) is 18.9 Å². The predicted molar refractivity (Wildman–Crippen MR) is 152 cm³/mol. The number of aromatic nitrogens is 1. The van der Waals surface area contributed by atoms with E-state index in [9.17, 15) is 31.5 Å². The molecule has 234 valence electrons. The molecule has 43 heavy (non-hydrogen) atoms. The van der Waals surface area contributed by atoms with Crippen LogP contribution in [0.3, 0.4) is 0 Å². The van der Waals surface area contributed by atoms with E-state index < -0.39 is 39.8 Å². The summed E-state index contributed by atoms with van der Waals surface area (Å²) in [5.74, 6) is -0.270. The largest absolute Gasteiger partial charge is 0.488 e. The van der Waals surface area contributed by atoms with Crippen molar-refractivity contribution in [1.29, 1.82) is 0 Å². The standard InChI is InChI=1S/C29H35F3N4O6S/c1-17-13-36(18(2)16-37)28(38)24-12-23(34-43(39,40)27-19(3)33-42-20(27)4)10-11-25(24)41-26(17)15-35(5)14-21-6-8-22(9-7-21)29(30,31)32/h6-12,17-18,26,34,37H,13-16H2,1-5H3/t17-,18-,26+/m1/s1. The average Bonchev–Trinajstić information content (AvgIpc) is 3.28. The van der Waals surface area contributed by atoms with Crippen LogP contribution in [0.15, 0.2) is 51.9 Å². The van der Waals surface area contributed by atoms with Gasteiger partial charge in [-0.3, -0.25) is 14.4 Å². The van der Waals surface area contributed by atoms with Crippen LogP contribution in [-0.4, -0.2) is 73.3 Å². The first kappa shape index (κ1) is 32.3. The fourth-order valence-electron chi connectivity index (χ4n) is 5.05. The fraction of sp³-hybridized carbons (Fsp3) is 0.448. The molecule has 2 heterocycles. The molecule has 0 spiro atoms. The van der Waals surface area contributed by atoms with E-state index in [4.69, 9.17) is 9.26 Å². The molecule has 3 atom stereocenters. The van der Waals surface area contributed by atoms with Crippen molar-refractivity contribution in [3.8, 4) is 5.75 Å². The van der Waals surface area contributed by atoms with Gasteiger partial charge in [-0.25, -0.2) is 8.42 Å². The van der Waals surface area contributed by atoms with Crippen molar-refractivity contribution in [1.82, 2.24) is 15.0 Å². The number of hydrogen-bond acceptors (Lipinski definition) is 8. The summed E-state index contributed by atoms with van der Waals surface area (Å²) < 4.78 is 78.9. The van der Waals surface area contributed by atoms with Crippen molar-refractivity contribution >= 4 is 21.6 Å². The van der Waals surface area contributed by atoms with Crippen molar-refractivity contribution in [2.75, 3.05) is 31.5 Å². The highest BCUT2D eigenvalue weighted by molar-refractivity contribution is 7.92. The number of fused-ring (bicyclic) bond motifs is 1. The highest BCUT2D eigenvalue weighted by Crippen LogP contribution is 2.33. The minimum atomic E-state index is -4.41. The zero-order valence-electron chi connectivity index (χ0n) is 24.5. The van der Waals surface area contributed by atoms with E-state index in [0.29, 0.717) is 18.7 Å². The van der Waals surface area contributed by atoms with Gasteiger partial charge in [-0.15, -0.1) is 0 Å². The highest BCUT2D eigenvalue weighted by Gasteiger charge is 2.34. The normalized spacial score (nSPS) is 18.6. The molecule has 0 bridgehead atoms. The molecule has 14 heteroatoms. The second-order valence-electron chi connectivity index (χ2n) is 11.0. The Kier molecular flexibility index (Phi) is 9.42. The maximum atomic E-state index is 13.7. The molecule has 0 radical (unpaired) electrons. The first-order chi connectivity index (χ1) is 20.1. The van der Waals surface area contributed by atoms with Gasteiger partial charge in [0.1, 0.15) is 17.5 Å². The molecule has 1 amide bonds. The van der Waals surface area contributed by atoms with E-state index >= 15 is 0 Å². The molecule has 3 aromatic rings. The first-order valence-electron chi connectivity index (χ1n) is 13.6. The Morgan fingerprint density at radius 1 is 1.19 bits per heavy atom. The van der Waals surface area contributed by atoms with E-state index in [0.717, 1.165) is 12.1 Å². The Morgan fingerprint density at radius 2 is 1.86 bits per heavy atom. The number of halogens is 3. The number of hydrogen-bond donors (Lipinski definition) is 2. The van der Waals surface area contributed by atoms with Gasteiger partial charge in [-0.05, 0) is 63.7 Å². The van der Waals surface area contributed by atoms with Crippen LogP contribution in [0.25, 0.3) is 0 Å². The smallest absolute Gasteiger partial charge is 0.416 e. The Morgan fingerprint density at radius 3 is 2.44 bits per heavy atom. The molecule has 0 fully saturated rings. The molecular formula is C29H35F3N4O6S. The lowest BCUT2D eigenvalue weighted by molar-refractivity contribution is -0.137. The first-order valence-corrected chi connectivity index (χ1v) is 15.1. The predicted octanol–water partition coefficient (Wildman–Crippen LogP) is 4.46. The zero-order valence-corrected chi connectivity index (χ0v) is 25.3. The van der Waals surface area contributed by atoms with Crippen molar-refractivity contribution in [3.05, 3.63) is 70.6 Å². The van der Waals surface area contributed by atoms with Gasteiger partial charge in [0.25, 0.3) is 15.9 Å². The molecule has 10 nitrogen and oxygen atoms in total. The molecule has 2 aromatic carbocycles. The number of carbonyl (C=O) groups is 1. The molecule has 0 unspecified atom stereocenters. The van der Waals surface area contributed by atoms with Crippen LogP contribution in [0, 0.1) is 19.8 Å². The summed E-state index contributed by atoms with van der Waals surface area (Å²) in [6.45, 7) is 7.30. The number of rotatable bonds is 9. The second kappa shape index (κ2) is 12.5. The molecule has 0 aliphatic carbocycles. The third-order valence-corrected chi connectivity index (χ3v) is 9.00. The van der Waals surface area contributed by atoms with Gasteiger partial charge < -0.3 is 19.3 Å². The number of nitrogens with zero attached hydrogens (tertiary/aromatic N) is 3. The van der Waals surface area contributed by atoms with Gasteiger partial charge in [0, 0.05) is 31.2 Å². The number of amides is 1. The summed E-state index contributed by atoms with van der Waals surface area (Å²) in [7, 11) is -2.26. The van der Waals surface area contributed by atoms with Gasteiger partial charge in [0.2, 0.25) is 0 Å². The van der Waals surface area contributed by atoms with Gasteiger partial charge in [-0.1, -0.05) is 24.2 Å². The zero-order chi connectivity index (χ0) is 31.7. The van der Waals surface area contributed by atoms with Crippen LogP contribution in [-0.2, 0) is 22.7 Å². The number of sulfonamides is 1. The Bertz CT molecular complexity index is 1540. The number of ether oxygens (including phenoxy) is 1.